The summed E-state index contributed by atoms with van der Waals surface area (Å²) in [6, 6.07) is 5.94. The predicted molar refractivity (Wildman–Crippen MR) is 81.4 cm³/mol. The molecule has 8 heteroatoms. The quantitative estimate of drug-likeness (QED) is 0.633. The minimum absolute atomic E-state index is 0.000240. The standard InChI is InChI=1S/C14H20N4O4/c1-4-22-14(21)18-17-12(19)10-6-5-7-11(8-10)16-13(20)15-9(2)3/h5-9H,4H2,1-3H3,(H,17,19)(H,18,21)(H2,15,16,20). The number of rotatable bonds is 4. The third-order valence-corrected chi connectivity index (χ3v) is 2.36. The molecular formula is C14H20N4O4. The molecule has 0 bridgehead atoms. The Morgan fingerprint density at radius 2 is 1.91 bits per heavy atom. The van der Waals surface area contributed by atoms with E-state index in [1.54, 1.807) is 25.1 Å². The Morgan fingerprint density at radius 3 is 2.55 bits per heavy atom. The summed E-state index contributed by atoms with van der Waals surface area (Å²) in [5.74, 6) is -0.527. The zero-order valence-corrected chi connectivity index (χ0v) is 12.7. The monoisotopic (exact) mass is 308 g/mol. The lowest BCUT2D eigenvalue weighted by Crippen LogP contribution is -2.42. The van der Waals surface area contributed by atoms with Crippen LogP contribution < -0.4 is 21.5 Å². The summed E-state index contributed by atoms with van der Waals surface area (Å²) < 4.78 is 4.61. The summed E-state index contributed by atoms with van der Waals surface area (Å²) in [4.78, 5) is 34.5. The summed E-state index contributed by atoms with van der Waals surface area (Å²) >= 11 is 0. The van der Waals surface area contributed by atoms with Gasteiger partial charge in [0.05, 0.1) is 6.61 Å². The van der Waals surface area contributed by atoms with Crippen molar-refractivity contribution in [3.05, 3.63) is 29.8 Å². The van der Waals surface area contributed by atoms with Crippen molar-refractivity contribution < 1.29 is 19.1 Å². The molecule has 0 aromatic heterocycles. The van der Waals surface area contributed by atoms with Crippen LogP contribution in [-0.4, -0.2) is 30.7 Å². The van der Waals surface area contributed by atoms with Crippen molar-refractivity contribution in [1.82, 2.24) is 16.2 Å². The minimum atomic E-state index is -0.749. The number of nitrogens with one attached hydrogen (secondary N) is 4. The van der Waals surface area contributed by atoms with Gasteiger partial charge in [-0.1, -0.05) is 6.07 Å². The SMILES string of the molecule is CCOC(=O)NNC(=O)c1cccc(NC(=O)NC(C)C)c1. The fraction of sp³-hybridized carbons (Fsp3) is 0.357. The van der Waals surface area contributed by atoms with Crippen molar-refractivity contribution in [3.63, 3.8) is 0 Å². The van der Waals surface area contributed by atoms with Gasteiger partial charge in [0.25, 0.3) is 5.91 Å². The third-order valence-electron chi connectivity index (χ3n) is 2.36. The van der Waals surface area contributed by atoms with Crippen LogP contribution in [0.1, 0.15) is 31.1 Å². The van der Waals surface area contributed by atoms with Crippen LogP contribution in [0.5, 0.6) is 0 Å². The Bertz CT molecular complexity index is 545. The van der Waals surface area contributed by atoms with E-state index in [9.17, 15) is 14.4 Å². The Balaban J connectivity index is 2.61. The van der Waals surface area contributed by atoms with Gasteiger partial charge in [0.1, 0.15) is 0 Å². The van der Waals surface area contributed by atoms with Gasteiger partial charge in [-0.15, -0.1) is 0 Å². The molecule has 0 aliphatic rings. The molecule has 0 atom stereocenters. The van der Waals surface area contributed by atoms with Gasteiger partial charge >= 0.3 is 12.1 Å². The Morgan fingerprint density at radius 1 is 1.18 bits per heavy atom. The molecule has 1 aromatic rings. The van der Waals surface area contributed by atoms with Gasteiger partial charge in [-0.05, 0) is 39.0 Å². The number of amides is 4. The molecule has 4 amide bonds. The highest BCUT2D eigenvalue weighted by Crippen LogP contribution is 2.10. The van der Waals surface area contributed by atoms with Crippen molar-refractivity contribution in [2.24, 2.45) is 0 Å². The van der Waals surface area contributed by atoms with Gasteiger partial charge in [-0.25, -0.2) is 15.0 Å². The molecule has 0 heterocycles. The average Bonchev–Trinajstić information content (AvgIpc) is 2.44. The molecule has 4 N–H and O–H groups in total. The third kappa shape index (κ3) is 6.12. The van der Waals surface area contributed by atoms with Gasteiger partial charge < -0.3 is 15.4 Å². The Labute approximate surface area is 128 Å². The molecule has 0 spiro atoms. The van der Waals surface area contributed by atoms with E-state index in [0.717, 1.165) is 0 Å². The van der Waals surface area contributed by atoms with Gasteiger partial charge in [0, 0.05) is 17.3 Å². The molecule has 1 aromatic carbocycles. The number of hydrogen-bond acceptors (Lipinski definition) is 4. The van der Waals surface area contributed by atoms with Crippen LogP contribution >= 0.6 is 0 Å². The summed E-state index contributed by atoms with van der Waals surface area (Å²) in [5.41, 5.74) is 5.05. The largest absolute Gasteiger partial charge is 0.449 e. The van der Waals surface area contributed by atoms with Crippen LogP contribution in [0.3, 0.4) is 0 Å². The lowest BCUT2D eigenvalue weighted by molar-refractivity contribution is 0.0912. The van der Waals surface area contributed by atoms with Gasteiger partial charge in [0.2, 0.25) is 0 Å². The average molecular weight is 308 g/mol. The number of urea groups is 1. The minimum Gasteiger partial charge on any atom is -0.449 e. The molecule has 0 fully saturated rings. The van der Waals surface area contributed by atoms with Gasteiger partial charge in [-0.3, -0.25) is 10.2 Å². The molecule has 120 valence electrons. The smallest absolute Gasteiger partial charge is 0.426 e. The fourth-order valence-corrected chi connectivity index (χ4v) is 1.51. The molecule has 0 aliphatic heterocycles. The van der Waals surface area contributed by atoms with E-state index < -0.39 is 12.0 Å². The number of benzene rings is 1. The number of hydrazine groups is 1. The summed E-state index contributed by atoms with van der Waals surface area (Å²) in [5, 5.41) is 5.28. The van der Waals surface area contributed by atoms with Gasteiger partial charge in [-0.2, -0.15) is 0 Å². The molecule has 8 nitrogen and oxygen atoms in total. The molecule has 0 saturated heterocycles. The maximum absolute atomic E-state index is 11.9. The van der Waals surface area contributed by atoms with Crippen LogP contribution in [0.15, 0.2) is 24.3 Å². The van der Waals surface area contributed by atoms with Crippen LogP contribution in [0, 0.1) is 0 Å². The highest BCUT2D eigenvalue weighted by Gasteiger charge is 2.09. The second-order valence-electron chi connectivity index (χ2n) is 4.63. The predicted octanol–water partition coefficient (Wildman–Crippen LogP) is 1.61. The fourth-order valence-electron chi connectivity index (χ4n) is 1.51. The van der Waals surface area contributed by atoms with E-state index in [0.29, 0.717) is 5.69 Å². The van der Waals surface area contributed by atoms with E-state index in [1.165, 1.54) is 6.07 Å². The molecule has 0 saturated carbocycles. The van der Waals surface area contributed by atoms with Gasteiger partial charge in [0.15, 0.2) is 0 Å². The van der Waals surface area contributed by atoms with Crippen molar-refractivity contribution in [3.8, 4) is 0 Å². The molecule has 22 heavy (non-hydrogen) atoms. The van der Waals surface area contributed by atoms with E-state index in [4.69, 9.17) is 0 Å². The summed E-state index contributed by atoms with van der Waals surface area (Å²) in [6.45, 7) is 5.53. The molecule has 1 rings (SSSR count). The van der Waals surface area contributed by atoms with Crippen LogP contribution in [-0.2, 0) is 4.74 Å². The lowest BCUT2D eigenvalue weighted by atomic mass is 10.2. The Kier molecular flexibility index (Phi) is 6.68. The number of hydrogen-bond donors (Lipinski definition) is 4. The summed E-state index contributed by atoms with van der Waals surface area (Å²) in [6.07, 6.45) is -0.749. The number of anilines is 1. The zero-order valence-electron chi connectivity index (χ0n) is 12.7. The topological polar surface area (TPSA) is 109 Å². The number of carbonyl (C=O) groups excluding carboxylic acids is 3. The molecule has 0 radical (unpaired) electrons. The first-order valence-corrected chi connectivity index (χ1v) is 6.83. The zero-order chi connectivity index (χ0) is 16.5. The van der Waals surface area contributed by atoms with E-state index in [1.807, 2.05) is 13.8 Å². The lowest BCUT2D eigenvalue weighted by Gasteiger charge is -2.11. The first-order valence-electron chi connectivity index (χ1n) is 6.83. The first kappa shape index (κ1) is 17.3. The second-order valence-corrected chi connectivity index (χ2v) is 4.63. The van der Waals surface area contributed by atoms with E-state index >= 15 is 0 Å². The Hall–Kier alpha value is -2.77. The van der Waals surface area contributed by atoms with E-state index in [2.05, 4.69) is 26.2 Å². The van der Waals surface area contributed by atoms with Crippen molar-refractivity contribution in [2.75, 3.05) is 11.9 Å². The van der Waals surface area contributed by atoms with Crippen molar-refractivity contribution >= 4 is 23.7 Å². The van der Waals surface area contributed by atoms with Crippen LogP contribution in [0.25, 0.3) is 0 Å². The number of ether oxygens (including phenoxy) is 1. The maximum atomic E-state index is 11.9. The maximum Gasteiger partial charge on any atom is 0.426 e. The summed E-state index contributed by atoms with van der Waals surface area (Å²) in [7, 11) is 0. The molecule has 0 aliphatic carbocycles. The van der Waals surface area contributed by atoms with Crippen molar-refractivity contribution in [1.29, 1.82) is 0 Å². The number of carbonyl (C=O) groups is 3. The highest BCUT2D eigenvalue weighted by atomic mass is 16.5. The highest BCUT2D eigenvalue weighted by molar-refractivity contribution is 5.97. The van der Waals surface area contributed by atoms with Crippen LogP contribution in [0.2, 0.25) is 0 Å². The van der Waals surface area contributed by atoms with Crippen molar-refractivity contribution in [2.45, 2.75) is 26.8 Å². The van der Waals surface area contributed by atoms with Crippen LogP contribution in [0.4, 0.5) is 15.3 Å². The van der Waals surface area contributed by atoms with E-state index in [-0.39, 0.29) is 24.2 Å². The second kappa shape index (κ2) is 8.50. The first-order chi connectivity index (χ1) is 10.4. The normalized spacial score (nSPS) is 9.82. The molecule has 0 unspecified atom stereocenters. The molecular weight excluding hydrogens is 288 g/mol.